The van der Waals surface area contributed by atoms with Crippen molar-refractivity contribution in [3.63, 3.8) is 0 Å². The van der Waals surface area contributed by atoms with Gasteiger partial charge in [-0.2, -0.15) is 0 Å². The fourth-order valence-corrected chi connectivity index (χ4v) is 3.52. The molecule has 0 radical (unpaired) electrons. The van der Waals surface area contributed by atoms with Gasteiger partial charge in [-0.15, -0.1) is 0 Å². The zero-order chi connectivity index (χ0) is 9.90. The minimum Gasteiger partial charge on any atom is -0.330 e. The second-order valence-corrected chi connectivity index (χ2v) is 5.88. The molecule has 3 nitrogen and oxygen atoms in total. The van der Waals surface area contributed by atoms with E-state index in [0.29, 0.717) is 12.3 Å². The first-order chi connectivity index (χ1) is 6.05. The van der Waals surface area contributed by atoms with Crippen molar-refractivity contribution in [1.29, 1.82) is 0 Å². The third kappa shape index (κ3) is 3.12. The first-order valence-corrected chi connectivity index (χ1v) is 6.45. The van der Waals surface area contributed by atoms with Crippen LogP contribution in [-0.4, -0.2) is 26.5 Å². The fourth-order valence-electron chi connectivity index (χ4n) is 1.73. The van der Waals surface area contributed by atoms with Crippen molar-refractivity contribution >= 4 is 9.84 Å². The van der Waals surface area contributed by atoms with Gasteiger partial charge in [0.1, 0.15) is 0 Å². The van der Waals surface area contributed by atoms with Crippen LogP contribution in [0.5, 0.6) is 0 Å². The van der Waals surface area contributed by atoms with E-state index in [1.165, 1.54) is 0 Å². The van der Waals surface area contributed by atoms with E-state index in [0.717, 1.165) is 24.8 Å². The summed E-state index contributed by atoms with van der Waals surface area (Å²) in [5.41, 5.74) is 6.40. The summed E-state index contributed by atoms with van der Waals surface area (Å²) < 4.78 is 22.6. The molecule has 76 valence electrons. The van der Waals surface area contributed by atoms with Crippen molar-refractivity contribution in [1.82, 2.24) is 0 Å². The maximum atomic E-state index is 11.3. The van der Waals surface area contributed by atoms with Crippen LogP contribution in [0.1, 0.15) is 19.3 Å². The summed E-state index contributed by atoms with van der Waals surface area (Å²) in [6.07, 6.45) is 2.48. The molecule has 0 aliphatic carbocycles. The molecule has 1 rings (SSSR count). The standard InChI is InChI=1S/C9H17NO2S/c1-8(4-5-10)9-3-2-6-13(11,12)7-9/h9H,1-7,10H2. The van der Waals surface area contributed by atoms with Gasteiger partial charge in [0, 0.05) is 0 Å². The number of hydrogen-bond acceptors (Lipinski definition) is 3. The van der Waals surface area contributed by atoms with Crippen LogP contribution in [-0.2, 0) is 9.84 Å². The molecule has 0 aromatic carbocycles. The van der Waals surface area contributed by atoms with Gasteiger partial charge in [-0.1, -0.05) is 12.2 Å². The molecule has 0 aromatic heterocycles. The topological polar surface area (TPSA) is 60.2 Å². The van der Waals surface area contributed by atoms with Crippen molar-refractivity contribution < 1.29 is 8.42 Å². The van der Waals surface area contributed by atoms with E-state index in [2.05, 4.69) is 6.58 Å². The van der Waals surface area contributed by atoms with Crippen LogP contribution in [0.3, 0.4) is 0 Å². The Morgan fingerprint density at radius 2 is 2.23 bits per heavy atom. The smallest absolute Gasteiger partial charge is 0.150 e. The van der Waals surface area contributed by atoms with Gasteiger partial charge in [0.15, 0.2) is 9.84 Å². The number of hydrogen-bond donors (Lipinski definition) is 1. The molecule has 0 saturated carbocycles. The highest BCUT2D eigenvalue weighted by Gasteiger charge is 2.25. The fraction of sp³-hybridized carbons (Fsp3) is 0.778. The van der Waals surface area contributed by atoms with Gasteiger partial charge in [0.25, 0.3) is 0 Å². The Morgan fingerprint density at radius 1 is 1.54 bits per heavy atom. The molecule has 1 heterocycles. The Morgan fingerprint density at radius 3 is 2.77 bits per heavy atom. The normalized spacial score (nSPS) is 27.0. The van der Waals surface area contributed by atoms with Gasteiger partial charge in [0.05, 0.1) is 11.5 Å². The molecule has 2 N–H and O–H groups in total. The second-order valence-electron chi connectivity index (χ2n) is 3.65. The summed E-state index contributed by atoms with van der Waals surface area (Å²) in [7, 11) is -2.80. The molecule has 1 aliphatic rings. The van der Waals surface area contributed by atoms with E-state index >= 15 is 0 Å². The first kappa shape index (κ1) is 10.7. The lowest BCUT2D eigenvalue weighted by Crippen LogP contribution is -2.26. The average Bonchev–Trinajstić information content (AvgIpc) is 2.03. The Bertz CT molecular complexity index is 282. The van der Waals surface area contributed by atoms with Gasteiger partial charge >= 0.3 is 0 Å². The number of rotatable bonds is 3. The molecular formula is C9H17NO2S. The van der Waals surface area contributed by atoms with Gasteiger partial charge in [-0.05, 0) is 31.7 Å². The van der Waals surface area contributed by atoms with Crippen LogP contribution < -0.4 is 5.73 Å². The summed E-state index contributed by atoms with van der Waals surface area (Å²) in [6.45, 7) is 4.45. The predicted octanol–water partition coefficient (Wildman–Crippen LogP) is 0.716. The van der Waals surface area contributed by atoms with Gasteiger partial charge in [-0.3, -0.25) is 0 Å². The SMILES string of the molecule is C=C(CCN)C1CCCS(=O)(=O)C1. The van der Waals surface area contributed by atoms with E-state index in [1.807, 2.05) is 0 Å². The Labute approximate surface area is 79.9 Å². The van der Waals surface area contributed by atoms with E-state index in [4.69, 9.17) is 5.73 Å². The highest BCUT2D eigenvalue weighted by atomic mass is 32.2. The Kier molecular flexibility index (Phi) is 3.50. The molecular weight excluding hydrogens is 186 g/mol. The van der Waals surface area contributed by atoms with E-state index < -0.39 is 9.84 Å². The first-order valence-electron chi connectivity index (χ1n) is 4.63. The second kappa shape index (κ2) is 4.24. The molecule has 0 aromatic rings. The van der Waals surface area contributed by atoms with E-state index in [9.17, 15) is 8.42 Å². The summed E-state index contributed by atoms with van der Waals surface area (Å²) in [5, 5.41) is 0. The third-order valence-corrected chi connectivity index (χ3v) is 4.33. The van der Waals surface area contributed by atoms with Crippen LogP contribution in [0, 0.1) is 5.92 Å². The zero-order valence-corrected chi connectivity index (χ0v) is 8.65. The van der Waals surface area contributed by atoms with Crippen molar-refractivity contribution in [3.05, 3.63) is 12.2 Å². The molecule has 1 fully saturated rings. The minimum atomic E-state index is -2.80. The summed E-state index contributed by atoms with van der Waals surface area (Å²) in [6, 6.07) is 0. The molecule has 1 unspecified atom stereocenters. The molecule has 0 bridgehead atoms. The Hall–Kier alpha value is -0.350. The van der Waals surface area contributed by atoms with Crippen molar-refractivity contribution in [2.24, 2.45) is 11.7 Å². The minimum absolute atomic E-state index is 0.155. The van der Waals surface area contributed by atoms with Crippen LogP contribution in [0.15, 0.2) is 12.2 Å². The van der Waals surface area contributed by atoms with E-state index in [-0.39, 0.29) is 11.7 Å². The molecule has 0 amide bonds. The van der Waals surface area contributed by atoms with E-state index in [1.54, 1.807) is 0 Å². The van der Waals surface area contributed by atoms with Crippen molar-refractivity contribution in [3.8, 4) is 0 Å². The molecule has 13 heavy (non-hydrogen) atoms. The van der Waals surface area contributed by atoms with Crippen molar-refractivity contribution in [2.45, 2.75) is 19.3 Å². The highest BCUT2D eigenvalue weighted by molar-refractivity contribution is 7.91. The summed E-state index contributed by atoms with van der Waals surface area (Å²) >= 11 is 0. The van der Waals surface area contributed by atoms with Crippen LogP contribution in [0.2, 0.25) is 0 Å². The van der Waals surface area contributed by atoms with Crippen LogP contribution in [0.4, 0.5) is 0 Å². The lowest BCUT2D eigenvalue weighted by Gasteiger charge is -2.23. The maximum Gasteiger partial charge on any atom is 0.150 e. The van der Waals surface area contributed by atoms with Crippen LogP contribution in [0.25, 0.3) is 0 Å². The van der Waals surface area contributed by atoms with Gasteiger partial charge < -0.3 is 5.73 Å². The molecule has 1 atom stereocenters. The summed E-state index contributed by atoms with van der Waals surface area (Å²) in [5.74, 6) is 0.785. The van der Waals surface area contributed by atoms with Crippen LogP contribution >= 0.6 is 0 Å². The monoisotopic (exact) mass is 203 g/mol. The highest BCUT2D eigenvalue weighted by Crippen LogP contribution is 2.25. The number of sulfone groups is 1. The zero-order valence-electron chi connectivity index (χ0n) is 7.83. The van der Waals surface area contributed by atoms with Crippen molar-refractivity contribution in [2.75, 3.05) is 18.1 Å². The van der Waals surface area contributed by atoms with Gasteiger partial charge in [-0.25, -0.2) is 8.42 Å². The maximum absolute atomic E-state index is 11.3. The molecule has 0 spiro atoms. The molecule has 4 heteroatoms. The Balaban J connectivity index is 2.57. The third-order valence-electron chi connectivity index (χ3n) is 2.51. The summed E-state index contributed by atoms with van der Waals surface area (Å²) in [4.78, 5) is 0. The quantitative estimate of drug-likeness (QED) is 0.687. The lowest BCUT2D eigenvalue weighted by atomic mass is 9.95. The average molecular weight is 203 g/mol. The lowest BCUT2D eigenvalue weighted by molar-refractivity contribution is 0.521. The van der Waals surface area contributed by atoms with Gasteiger partial charge in [0.2, 0.25) is 0 Å². The number of nitrogens with two attached hydrogens (primary N) is 1. The molecule has 1 saturated heterocycles. The largest absolute Gasteiger partial charge is 0.330 e. The predicted molar refractivity (Wildman–Crippen MR) is 54.2 cm³/mol. The molecule has 1 aliphatic heterocycles.